The fourth-order valence-electron chi connectivity index (χ4n) is 3.11. The van der Waals surface area contributed by atoms with E-state index in [2.05, 4.69) is 4.99 Å². The molecule has 2 aliphatic rings. The van der Waals surface area contributed by atoms with Crippen molar-refractivity contribution in [2.75, 3.05) is 27.1 Å². The van der Waals surface area contributed by atoms with Crippen molar-refractivity contribution in [2.45, 2.75) is 19.4 Å². The normalized spacial score (nSPS) is 19.7. The minimum Gasteiger partial charge on any atom is -0.493 e. The zero-order valence-corrected chi connectivity index (χ0v) is 15.9. The predicted molar refractivity (Wildman–Crippen MR) is 98.4 cm³/mol. The number of thioether (sulfide) groups is 1. The monoisotopic (exact) mass is 376 g/mol. The van der Waals surface area contributed by atoms with Crippen LogP contribution in [0.5, 0.6) is 11.5 Å². The average Bonchev–Trinajstić information content (AvgIpc) is 2.66. The Hall–Kier alpha value is -2.48. The van der Waals surface area contributed by atoms with Gasteiger partial charge in [-0.3, -0.25) is 9.69 Å². The number of carbonyl (C=O) groups excluding carboxylic acids is 2. The third-order valence-corrected chi connectivity index (χ3v) is 5.29. The number of amidine groups is 1. The molecule has 0 N–H and O–H groups in total. The SMILES string of the molecule is COC(=O)C1=C(C)N=C2SCCC(=O)N2[C@H]1c1ccc(OC)c(OC)c1. The zero-order valence-electron chi connectivity index (χ0n) is 15.1. The molecule has 2 heterocycles. The molecular formula is C18H20N2O5S. The number of esters is 1. The summed E-state index contributed by atoms with van der Waals surface area (Å²) < 4.78 is 15.6. The standard InChI is InChI=1S/C18H20N2O5S/c1-10-15(17(22)25-4)16(20-14(21)7-8-26-18(20)19-10)11-5-6-12(23-2)13(9-11)24-3/h5-6,9,16H,7-8H2,1-4H3/t16-/m0/s1. The van der Waals surface area contributed by atoms with Crippen molar-refractivity contribution < 1.29 is 23.8 Å². The molecule has 0 bridgehead atoms. The average molecular weight is 376 g/mol. The predicted octanol–water partition coefficient (Wildman–Crippen LogP) is 2.53. The Labute approximate surface area is 156 Å². The second-order valence-corrected chi connectivity index (χ2v) is 6.83. The molecule has 1 atom stereocenters. The van der Waals surface area contributed by atoms with Gasteiger partial charge in [0, 0.05) is 12.2 Å². The number of hydrogen-bond donors (Lipinski definition) is 0. The highest BCUT2D eigenvalue weighted by atomic mass is 32.2. The van der Waals surface area contributed by atoms with Crippen LogP contribution in [0, 0.1) is 0 Å². The van der Waals surface area contributed by atoms with Gasteiger partial charge in [-0.05, 0) is 24.6 Å². The summed E-state index contributed by atoms with van der Waals surface area (Å²) in [6, 6.07) is 4.73. The van der Waals surface area contributed by atoms with Gasteiger partial charge in [0.25, 0.3) is 0 Å². The summed E-state index contributed by atoms with van der Waals surface area (Å²) in [5.74, 6) is 1.19. The molecule has 7 nitrogen and oxygen atoms in total. The molecule has 0 spiro atoms. The molecule has 0 saturated carbocycles. The molecule has 1 amide bonds. The molecule has 8 heteroatoms. The quantitative estimate of drug-likeness (QED) is 0.752. The molecule has 0 aliphatic carbocycles. The van der Waals surface area contributed by atoms with Gasteiger partial charge in [0.05, 0.1) is 38.6 Å². The van der Waals surface area contributed by atoms with Gasteiger partial charge in [0.2, 0.25) is 5.91 Å². The van der Waals surface area contributed by atoms with E-state index in [1.54, 1.807) is 38.2 Å². The topological polar surface area (TPSA) is 77.4 Å². The molecule has 138 valence electrons. The van der Waals surface area contributed by atoms with Gasteiger partial charge in [-0.25, -0.2) is 9.79 Å². The van der Waals surface area contributed by atoms with Gasteiger partial charge >= 0.3 is 5.97 Å². The first kappa shape index (κ1) is 18.3. The number of nitrogens with zero attached hydrogens (tertiary/aromatic N) is 2. The number of methoxy groups -OCH3 is 3. The highest BCUT2D eigenvalue weighted by Crippen LogP contribution is 2.42. The van der Waals surface area contributed by atoms with Crippen molar-refractivity contribution in [3.05, 3.63) is 35.0 Å². The van der Waals surface area contributed by atoms with E-state index in [0.717, 1.165) is 5.56 Å². The van der Waals surface area contributed by atoms with E-state index in [-0.39, 0.29) is 5.91 Å². The van der Waals surface area contributed by atoms with Crippen LogP contribution in [0.1, 0.15) is 24.9 Å². The minimum absolute atomic E-state index is 0.0730. The van der Waals surface area contributed by atoms with Gasteiger partial charge in [-0.1, -0.05) is 17.8 Å². The van der Waals surface area contributed by atoms with Crippen molar-refractivity contribution in [1.29, 1.82) is 0 Å². The zero-order chi connectivity index (χ0) is 18.8. The van der Waals surface area contributed by atoms with Crippen LogP contribution in [0.3, 0.4) is 0 Å². The Balaban J connectivity index is 2.18. The highest BCUT2D eigenvalue weighted by molar-refractivity contribution is 8.14. The molecule has 26 heavy (non-hydrogen) atoms. The van der Waals surface area contributed by atoms with Crippen LogP contribution in [0.15, 0.2) is 34.5 Å². The summed E-state index contributed by atoms with van der Waals surface area (Å²) in [6.45, 7) is 1.75. The number of ether oxygens (including phenoxy) is 3. The van der Waals surface area contributed by atoms with E-state index >= 15 is 0 Å². The number of fused-ring (bicyclic) bond motifs is 1. The van der Waals surface area contributed by atoms with E-state index in [1.165, 1.54) is 18.9 Å². The third kappa shape index (κ3) is 3.05. The van der Waals surface area contributed by atoms with Crippen LogP contribution in [0.4, 0.5) is 0 Å². The van der Waals surface area contributed by atoms with Crippen LogP contribution >= 0.6 is 11.8 Å². The van der Waals surface area contributed by atoms with Crippen molar-refractivity contribution in [1.82, 2.24) is 4.90 Å². The van der Waals surface area contributed by atoms with E-state index < -0.39 is 12.0 Å². The summed E-state index contributed by atoms with van der Waals surface area (Å²) in [5, 5.41) is 0.603. The van der Waals surface area contributed by atoms with Crippen LogP contribution in [0.25, 0.3) is 0 Å². The number of hydrogen-bond acceptors (Lipinski definition) is 7. The number of amides is 1. The van der Waals surface area contributed by atoms with E-state index in [0.29, 0.717) is 40.1 Å². The summed E-state index contributed by atoms with van der Waals surface area (Å²) >= 11 is 1.50. The number of allylic oxidation sites excluding steroid dienone is 1. The molecule has 1 fully saturated rings. The lowest BCUT2D eigenvalue weighted by Crippen LogP contribution is -2.45. The Morgan fingerprint density at radius 2 is 1.96 bits per heavy atom. The second-order valence-electron chi connectivity index (χ2n) is 5.76. The Bertz CT molecular complexity index is 818. The summed E-state index contributed by atoms with van der Waals surface area (Å²) in [7, 11) is 4.41. The molecule has 0 aromatic heterocycles. The molecule has 1 saturated heterocycles. The Kier molecular flexibility index (Phi) is 5.22. The van der Waals surface area contributed by atoms with Gasteiger partial charge in [-0.2, -0.15) is 0 Å². The van der Waals surface area contributed by atoms with Crippen LogP contribution < -0.4 is 9.47 Å². The molecule has 1 aromatic carbocycles. The van der Waals surface area contributed by atoms with E-state index in [4.69, 9.17) is 14.2 Å². The maximum absolute atomic E-state index is 12.7. The first-order valence-electron chi connectivity index (χ1n) is 8.06. The number of rotatable bonds is 4. The fraction of sp³-hybridized carbons (Fsp3) is 0.389. The van der Waals surface area contributed by atoms with Crippen molar-refractivity contribution in [2.24, 2.45) is 4.99 Å². The van der Waals surface area contributed by atoms with Crippen molar-refractivity contribution in [3.63, 3.8) is 0 Å². The molecule has 0 radical (unpaired) electrons. The van der Waals surface area contributed by atoms with Crippen molar-refractivity contribution >= 4 is 28.8 Å². The Morgan fingerprint density at radius 1 is 1.23 bits per heavy atom. The lowest BCUT2D eigenvalue weighted by Gasteiger charge is -2.38. The van der Waals surface area contributed by atoms with Gasteiger partial charge in [-0.15, -0.1) is 0 Å². The van der Waals surface area contributed by atoms with Crippen LogP contribution in [-0.2, 0) is 14.3 Å². The largest absolute Gasteiger partial charge is 0.493 e. The summed E-state index contributed by atoms with van der Waals surface area (Å²) in [6.07, 6.45) is 0.390. The molecule has 1 aromatic rings. The smallest absolute Gasteiger partial charge is 0.338 e. The first-order valence-corrected chi connectivity index (χ1v) is 9.05. The molecule has 3 rings (SSSR count). The van der Waals surface area contributed by atoms with Gasteiger partial charge in [0.1, 0.15) is 0 Å². The lowest BCUT2D eigenvalue weighted by atomic mass is 9.94. The molecule has 0 unspecified atom stereocenters. The van der Waals surface area contributed by atoms with Gasteiger partial charge in [0.15, 0.2) is 16.7 Å². The second kappa shape index (κ2) is 7.41. The maximum atomic E-state index is 12.7. The molecular weight excluding hydrogens is 356 g/mol. The fourth-order valence-corrected chi connectivity index (χ4v) is 4.11. The maximum Gasteiger partial charge on any atom is 0.338 e. The highest BCUT2D eigenvalue weighted by Gasteiger charge is 2.41. The van der Waals surface area contributed by atoms with E-state index in [9.17, 15) is 9.59 Å². The number of aliphatic imine (C=N–C) groups is 1. The first-order chi connectivity index (χ1) is 12.5. The van der Waals surface area contributed by atoms with E-state index in [1.807, 2.05) is 6.07 Å². The Morgan fingerprint density at radius 3 is 2.62 bits per heavy atom. The molecule has 2 aliphatic heterocycles. The third-order valence-electron chi connectivity index (χ3n) is 4.34. The summed E-state index contributed by atoms with van der Waals surface area (Å²) in [5.41, 5.74) is 1.62. The summed E-state index contributed by atoms with van der Waals surface area (Å²) in [4.78, 5) is 31.2. The van der Waals surface area contributed by atoms with Gasteiger partial charge < -0.3 is 14.2 Å². The van der Waals surface area contributed by atoms with Crippen LogP contribution in [0.2, 0.25) is 0 Å². The van der Waals surface area contributed by atoms with Crippen molar-refractivity contribution in [3.8, 4) is 11.5 Å². The minimum atomic E-state index is -0.616. The lowest BCUT2D eigenvalue weighted by molar-refractivity contribution is -0.137. The number of carbonyl (C=O) groups is 2. The number of benzene rings is 1. The van der Waals surface area contributed by atoms with Crippen LogP contribution in [-0.4, -0.2) is 49.0 Å².